The first-order chi connectivity index (χ1) is 19.4. The Morgan fingerprint density at radius 3 is 2.55 bits per heavy atom. The van der Waals surface area contributed by atoms with Crippen LogP contribution in [0.4, 0.5) is 11.4 Å². The smallest absolute Gasteiger partial charge is 0.309 e. The topological polar surface area (TPSA) is 97.3 Å². The average Bonchev–Trinajstić information content (AvgIpc) is 2.97. The van der Waals surface area contributed by atoms with Crippen LogP contribution in [0.1, 0.15) is 65.0 Å². The summed E-state index contributed by atoms with van der Waals surface area (Å²) in [6, 6.07) is 8.77. The lowest BCUT2D eigenvalue weighted by Crippen LogP contribution is -2.37. The minimum Gasteiger partial charge on any atom is -0.478 e. The fourth-order valence-corrected chi connectivity index (χ4v) is 5.92. The quantitative estimate of drug-likeness (QED) is 0.337. The number of carbonyl (C=O) groups is 3. The molecule has 40 heavy (non-hydrogen) atoms. The molecule has 0 spiro atoms. The molecule has 1 fully saturated rings. The molecule has 2 aromatic rings. The zero-order valence-corrected chi connectivity index (χ0v) is 22.9. The molecule has 6 rings (SSSR count). The van der Waals surface area contributed by atoms with E-state index in [0.717, 1.165) is 44.5 Å². The van der Waals surface area contributed by atoms with E-state index in [1.54, 1.807) is 24.3 Å². The highest BCUT2D eigenvalue weighted by molar-refractivity contribution is 6.32. The Labute approximate surface area is 233 Å². The minimum atomic E-state index is -0.331. The Balaban J connectivity index is 1.23. The van der Waals surface area contributed by atoms with Crippen molar-refractivity contribution in [3.8, 4) is 5.75 Å². The van der Waals surface area contributed by atoms with Gasteiger partial charge in [-0.3, -0.25) is 14.4 Å². The van der Waals surface area contributed by atoms with Crippen LogP contribution in [0.15, 0.2) is 59.1 Å². The molecule has 1 N–H and O–H groups in total. The highest BCUT2D eigenvalue weighted by Gasteiger charge is 2.38. The molecule has 0 radical (unpaired) electrons. The van der Waals surface area contributed by atoms with E-state index < -0.39 is 0 Å². The molecule has 1 atom stereocenters. The number of hydrogen-bond donors (Lipinski definition) is 1. The van der Waals surface area contributed by atoms with Crippen molar-refractivity contribution >= 4 is 34.6 Å². The van der Waals surface area contributed by atoms with Crippen molar-refractivity contribution in [3.05, 3.63) is 76.4 Å². The highest BCUT2D eigenvalue weighted by atomic mass is 16.5. The number of nitrogens with one attached hydrogen (secondary N) is 1. The second kappa shape index (κ2) is 10.8. The number of anilines is 1. The number of allylic oxidation sites excluding steroid dienone is 2. The number of nitrogens with zero attached hydrogens (tertiary/aromatic N) is 2. The first kappa shape index (κ1) is 26.2. The van der Waals surface area contributed by atoms with Gasteiger partial charge in [-0.05, 0) is 64.9 Å². The van der Waals surface area contributed by atoms with Crippen LogP contribution in [-0.2, 0) is 9.53 Å². The van der Waals surface area contributed by atoms with Crippen molar-refractivity contribution in [1.82, 2.24) is 4.90 Å². The van der Waals surface area contributed by atoms with Gasteiger partial charge in [0.05, 0.1) is 29.4 Å². The van der Waals surface area contributed by atoms with Gasteiger partial charge in [-0.2, -0.15) is 0 Å². The fourth-order valence-electron chi connectivity index (χ4n) is 5.92. The lowest BCUT2D eigenvalue weighted by molar-refractivity contribution is -0.149. The summed E-state index contributed by atoms with van der Waals surface area (Å²) < 4.78 is 11.5. The molecule has 4 aliphatic rings. The van der Waals surface area contributed by atoms with Gasteiger partial charge < -0.3 is 19.7 Å². The maximum absolute atomic E-state index is 13.8. The predicted molar refractivity (Wildman–Crippen MR) is 153 cm³/mol. The normalized spacial score (nSPS) is 19.9. The fraction of sp³-hybridized carbons (Fsp3) is 0.375. The van der Waals surface area contributed by atoms with Crippen LogP contribution >= 0.6 is 0 Å². The Morgan fingerprint density at radius 1 is 1.10 bits per heavy atom. The molecule has 0 bridgehead atoms. The maximum atomic E-state index is 13.8. The van der Waals surface area contributed by atoms with E-state index in [9.17, 15) is 14.4 Å². The van der Waals surface area contributed by atoms with Crippen LogP contribution in [0.25, 0.3) is 0 Å². The Morgan fingerprint density at radius 2 is 1.82 bits per heavy atom. The van der Waals surface area contributed by atoms with Gasteiger partial charge in [0.2, 0.25) is 0 Å². The summed E-state index contributed by atoms with van der Waals surface area (Å²) in [4.78, 5) is 46.7. The highest BCUT2D eigenvalue weighted by Crippen LogP contribution is 2.46. The van der Waals surface area contributed by atoms with Gasteiger partial charge in [0.15, 0.2) is 17.7 Å². The molecule has 2 aromatic carbocycles. The molecule has 0 aromatic heterocycles. The lowest BCUT2D eigenvalue weighted by atomic mass is 9.81. The van der Waals surface area contributed by atoms with Crippen LogP contribution in [0.5, 0.6) is 5.75 Å². The SMILES string of the molecule is CCOC(=O)C1CCN(CCCNc2cc3c(c4c2C(=O)c2ccccc2C4=O)N=C2C=CC(C)=CC2O3)CC1. The van der Waals surface area contributed by atoms with E-state index in [2.05, 4.69) is 10.2 Å². The molecule has 0 amide bonds. The molecule has 2 aliphatic heterocycles. The van der Waals surface area contributed by atoms with E-state index in [1.807, 2.05) is 38.1 Å². The molecule has 0 saturated carbocycles. The summed E-state index contributed by atoms with van der Waals surface area (Å²) in [6.45, 7) is 7.47. The lowest BCUT2D eigenvalue weighted by Gasteiger charge is -2.31. The van der Waals surface area contributed by atoms with Crippen molar-refractivity contribution in [3.63, 3.8) is 0 Å². The van der Waals surface area contributed by atoms with Gasteiger partial charge in [0.25, 0.3) is 0 Å². The van der Waals surface area contributed by atoms with Crippen LogP contribution in [0.2, 0.25) is 0 Å². The summed E-state index contributed by atoms with van der Waals surface area (Å²) in [5.41, 5.74) is 4.26. The Hall–Kier alpha value is -4.04. The number of benzene rings is 2. The van der Waals surface area contributed by atoms with Gasteiger partial charge in [-0.15, -0.1) is 0 Å². The number of ether oxygens (including phenoxy) is 2. The first-order valence-corrected chi connectivity index (χ1v) is 14.1. The molecular weight excluding hydrogens is 506 g/mol. The number of hydrogen-bond acceptors (Lipinski definition) is 8. The van der Waals surface area contributed by atoms with Crippen molar-refractivity contribution in [2.24, 2.45) is 10.9 Å². The monoisotopic (exact) mass is 539 g/mol. The van der Waals surface area contributed by atoms with Gasteiger partial charge in [0.1, 0.15) is 11.4 Å². The molecule has 1 unspecified atom stereocenters. The van der Waals surface area contributed by atoms with E-state index in [1.165, 1.54) is 0 Å². The van der Waals surface area contributed by atoms with E-state index in [0.29, 0.717) is 58.2 Å². The van der Waals surface area contributed by atoms with E-state index >= 15 is 0 Å². The molecular formula is C32H33N3O5. The second-order valence-electron chi connectivity index (χ2n) is 10.7. The zero-order valence-electron chi connectivity index (χ0n) is 22.9. The summed E-state index contributed by atoms with van der Waals surface area (Å²) in [6.07, 6.45) is 8.00. The van der Waals surface area contributed by atoms with Crippen LogP contribution < -0.4 is 10.1 Å². The number of esters is 1. The third kappa shape index (κ3) is 4.77. The molecule has 2 aliphatic carbocycles. The van der Waals surface area contributed by atoms with Gasteiger partial charge in [-0.25, -0.2) is 4.99 Å². The standard InChI is InChI=1S/C32H33N3O5/c1-3-39-32(38)20-11-15-35(16-12-20)14-6-13-33-24-18-26-29(34-23-10-9-19(2)17-25(23)40-26)28-27(24)30(36)21-7-4-5-8-22(21)31(28)37/h4-5,7-10,17-18,20,25,33H,3,6,11-16H2,1-2H3. The minimum absolute atomic E-state index is 0.00997. The van der Waals surface area contributed by atoms with Crippen LogP contribution in [0, 0.1) is 5.92 Å². The van der Waals surface area contributed by atoms with Crippen molar-refractivity contribution < 1.29 is 23.9 Å². The third-order valence-corrected chi connectivity index (χ3v) is 8.03. The number of piperidine rings is 1. The van der Waals surface area contributed by atoms with Crippen LogP contribution in [0.3, 0.4) is 0 Å². The number of ketones is 2. The zero-order chi connectivity index (χ0) is 27.8. The number of rotatable bonds is 7. The molecule has 206 valence electrons. The van der Waals surface area contributed by atoms with Gasteiger partial charge in [0, 0.05) is 29.4 Å². The molecule has 2 heterocycles. The largest absolute Gasteiger partial charge is 0.478 e. The van der Waals surface area contributed by atoms with Crippen molar-refractivity contribution in [2.75, 3.05) is 38.1 Å². The molecule has 8 heteroatoms. The van der Waals surface area contributed by atoms with E-state index in [4.69, 9.17) is 14.5 Å². The van der Waals surface area contributed by atoms with Gasteiger partial charge >= 0.3 is 5.97 Å². The maximum Gasteiger partial charge on any atom is 0.309 e. The van der Waals surface area contributed by atoms with Crippen LogP contribution in [-0.4, -0.2) is 67.0 Å². The van der Waals surface area contributed by atoms with Crippen molar-refractivity contribution in [1.29, 1.82) is 0 Å². The Bertz CT molecular complexity index is 1480. The summed E-state index contributed by atoms with van der Waals surface area (Å²) >= 11 is 0. The number of likely N-dealkylation sites (tertiary alicyclic amines) is 1. The number of fused-ring (bicyclic) bond motifs is 5. The molecule has 8 nitrogen and oxygen atoms in total. The summed E-state index contributed by atoms with van der Waals surface area (Å²) in [7, 11) is 0. The number of carbonyl (C=O) groups excluding carboxylic acids is 3. The molecule has 1 saturated heterocycles. The predicted octanol–water partition coefficient (Wildman–Crippen LogP) is 4.89. The van der Waals surface area contributed by atoms with E-state index in [-0.39, 0.29) is 29.6 Å². The second-order valence-corrected chi connectivity index (χ2v) is 10.7. The summed E-state index contributed by atoms with van der Waals surface area (Å²) in [5, 5.41) is 3.44. The van der Waals surface area contributed by atoms with Crippen molar-refractivity contribution in [2.45, 2.75) is 39.2 Å². The average molecular weight is 540 g/mol. The Kier molecular flexibility index (Phi) is 7.11. The summed E-state index contributed by atoms with van der Waals surface area (Å²) in [5.74, 6) is -0.00298. The third-order valence-electron chi connectivity index (χ3n) is 8.03. The number of aliphatic imine (C=N–C) groups is 1. The van der Waals surface area contributed by atoms with Gasteiger partial charge in [-0.1, -0.05) is 35.9 Å². The first-order valence-electron chi connectivity index (χ1n) is 14.1.